The van der Waals surface area contributed by atoms with Gasteiger partial charge in [0.1, 0.15) is 5.75 Å². The molecular weight excluding hydrogens is 303 g/mol. The van der Waals surface area contributed by atoms with Gasteiger partial charge >= 0.3 is 0 Å². The number of ether oxygens (including phenoxy) is 1. The lowest BCUT2D eigenvalue weighted by Crippen LogP contribution is -2.10. The first-order valence-corrected chi connectivity index (χ1v) is 5.87. The number of benzene rings is 1. The molecule has 1 aromatic rings. The summed E-state index contributed by atoms with van der Waals surface area (Å²) in [5.74, 6) is 0.244. The minimum Gasteiger partial charge on any atom is -0.496 e. The molecule has 0 spiro atoms. The molecule has 5 heteroatoms. The molecule has 0 radical (unpaired) electrons. The maximum atomic E-state index is 11.7. The summed E-state index contributed by atoms with van der Waals surface area (Å²) < 4.78 is 4.37. The van der Waals surface area contributed by atoms with Crippen molar-refractivity contribution in [2.24, 2.45) is 0 Å². The first-order valence-electron chi connectivity index (χ1n) is 4.14. The second-order valence-corrected chi connectivity index (χ2v) is 5.28. The van der Waals surface area contributed by atoms with Crippen LogP contribution in [0.1, 0.15) is 15.9 Å². The number of ketones is 1. The van der Waals surface area contributed by atoms with Crippen LogP contribution in [0, 0.1) is 6.92 Å². The fourth-order valence-electron chi connectivity index (χ4n) is 1.30. The average molecular weight is 312 g/mol. The molecule has 0 amide bonds. The Morgan fingerprint density at radius 2 is 2.13 bits per heavy atom. The van der Waals surface area contributed by atoms with Gasteiger partial charge in [-0.25, -0.2) is 0 Å². The molecule has 1 aromatic carbocycles. The average Bonchev–Trinajstić information content (AvgIpc) is 2.15. The van der Waals surface area contributed by atoms with E-state index >= 15 is 0 Å². The summed E-state index contributed by atoms with van der Waals surface area (Å²) in [6.07, 6.45) is 0. The molecule has 0 saturated heterocycles. The van der Waals surface area contributed by atoms with E-state index in [1.165, 1.54) is 7.11 Å². The summed E-state index contributed by atoms with van der Waals surface area (Å²) in [6, 6.07) is 3.28. The Balaban J connectivity index is 3.32. The van der Waals surface area contributed by atoms with Crippen LogP contribution in [0.25, 0.3) is 0 Å². The molecular formula is C10H9BrCl2O2. The van der Waals surface area contributed by atoms with E-state index in [0.29, 0.717) is 16.3 Å². The predicted octanol–water partition coefficient (Wildman–Crippen LogP) is 3.80. The molecule has 0 saturated carbocycles. The number of Topliss-reactive ketones (excluding diaryl/α,β-unsaturated/α-hetero) is 1. The summed E-state index contributed by atoms with van der Waals surface area (Å²) in [6.45, 7) is 1.82. The summed E-state index contributed by atoms with van der Waals surface area (Å²) in [4.78, 5) is 11.7. The standard InChI is InChI=1S/C10H9BrCl2O2/c1-5-3-6(12)4-7(9(5)15-2)8(14)10(11)13/h3-4,10H,1-2H3. The molecule has 0 fully saturated rings. The van der Waals surface area contributed by atoms with Crippen LogP contribution < -0.4 is 4.74 Å². The highest BCUT2D eigenvalue weighted by Gasteiger charge is 2.20. The fraction of sp³-hybridized carbons (Fsp3) is 0.300. The first-order chi connectivity index (χ1) is 6.97. The van der Waals surface area contributed by atoms with Crippen molar-refractivity contribution in [1.29, 1.82) is 0 Å². The SMILES string of the molecule is COc1c(C)cc(Cl)cc1C(=O)C(Cl)Br. The predicted molar refractivity (Wildman–Crippen MR) is 65.6 cm³/mol. The van der Waals surface area contributed by atoms with E-state index in [2.05, 4.69) is 15.9 Å². The zero-order valence-corrected chi connectivity index (χ0v) is 11.3. The maximum Gasteiger partial charge on any atom is 0.195 e. The van der Waals surface area contributed by atoms with Crippen LogP contribution in [0.3, 0.4) is 0 Å². The molecule has 1 rings (SSSR count). The number of hydrogen-bond acceptors (Lipinski definition) is 2. The number of rotatable bonds is 3. The van der Waals surface area contributed by atoms with E-state index in [1.54, 1.807) is 12.1 Å². The molecule has 0 aliphatic rings. The number of halogens is 3. The lowest BCUT2D eigenvalue weighted by molar-refractivity contribution is 0.101. The van der Waals surface area contributed by atoms with Gasteiger partial charge in [0.25, 0.3) is 0 Å². The van der Waals surface area contributed by atoms with Gasteiger partial charge in [-0.3, -0.25) is 4.79 Å². The second kappa shape index (κ2) is 5.19. The van der Waals surface area contributed by atoms with Crippen molar-refractivity contribution in [1.82, 2.24) is 0 Å². The smallest absolute Gasteiger partial charge is 0.195 e. The highest BCUT2D eigenvalue weighted by atomic mass is 79.9. The second-order valence-electron chi connectivity index (χ2n) is 2.97. The Morgan fingerprint density at radius 1 is 1.53 bits per heavy atom. The Labute approximate surface area is 107 Å². The van der Waals surface area contributed by atoms with Crippen LogP contribution in [0.4, 0.5) is 0 Å². The molecule has 2 nitrogen and oxygen atoms in total. The number of alkyl halides is 2. The van der Waals surface area contributed by atoms with Gasteiger partial charge in [0.15, 0.2) is 10.1 Å². The van der Waals surface area contributed by atoms with Gasteiger partial charge in [-0.05, 0) is 24.6 Å². The quantitative estimate of drug-likeness (QED) is 0.627. The monoisotopic (exact) mass is 310 g/mol. The molecule has 0 aliphatic heterocycles. The van der Waals surface area contributed by atoms with Crippen molar-refractivity contribution in [2.75, 3.05) is 7.11 Å². The number of aryl methyl sites for hydroxylation is 1. The van der Waals surface area contributed by atoms with Crippen LogP contribution in [0.15, 0.2) is 12.1 Å². The van der Waals surface area contributed by atoms with Crippen molar-refractivity contribution >= 4 is 44.9 Å². The van der Waals surface area contributed by atoms with Crippen molar-refractivity contribution in [3.05, 3.63) is 28.3 Å². The Hall–Kier alpha value is -0.250. The largest absolute Gasteiger partial charge is 0.496 e. The lowest BCUT2D eigenvalue weighted by Gasteiger charge is -2.11. The Kier molecular flexibility index (Phi) is 4.44. The molecule has 0 bridgehead atoms. The molecule has 15 heavy (non-hydrogen) atoms. The first kappa shape index (κ1) is 12.8. The Morgan fingerprint density at radius 3 is 2.60 bits per heavy atom. The molecule has 0 N–H and O–H groups in total. The zero-order chi connectivity index (χ0) is 11.6. The van der Waals surface area contributed by atoms with Gasteiger partial charge in [-0.15, -0.1) is 11.6 Å². The molecule has 0 aliphatic carbocycles. The summed E-state index contributed by atoms with van der Waals surface area (Å²) in [5, 5.41) is 0.487. The topological polar surface area (TPSA) is 26.3 Å². The van der Waals surface area contributed by atoms with E-state index in [9.17, 15) is 4.79 Å². The van der Waals surface area contributed by atoms with Crippen LogP contribution >= 0.6 is 39.1 Å². The van der Waals surface area contributed by atoms with E-state index in [1.807, 2.05) is 6.92 Å². The summed E-state index contributed by atoms with van der Waals surface area (Å²) >= 11 is 14.5. The van der Waals surface area contributed by atoms with Crippen molar-refractivity contribution in [3.8, 4) is 5.75 Å². The number of carbonyl (C=O) groups is 1. The third-order valence-corrected chi connectivity index (χ3v) is 2.74. The Bertz CT molecular complexity index is 391. The van der Waals surface area contributed by atoms with Gasteiger partial charge in [-0.1, -0.05) is 27.5 Å². The van der Waals surface area contributed by atoms with Crippen LogP contribution in [0.2, 0.25) is 5.02 Å². The third kappa shape index (κ3) is 2.86. The number of hydrogen-bond donors (Lipinski definition) is 0. The molecule has 1 atom stereocenters. The maximum absolute atomic E-state index is 11.7. The van der Waals surface area contributed by atoms with E-state index in [4.69, 9.17) is 27.9 Å². The summed E-state index contributed by atoms with van der Waals surface area (Å²) in [7, 11) is 1.50. The number of methoxy groups -OCH3 is 1. The lowest BCUT2D eigenvalue weighted by atomic mass is 10.1. The van der Waals surface area contributed by atoms with Gasteiger partial charge in [0.2, 0.25) is 0 Å². The van der Waals surface area contributed by atoms with Crippen molar-refractivity contribution < 1.29 is 9.53 Å². The minimum atomic E-state index is -0.774. The highest BCUT2D eigenvalue weighted by molar-refractivity contribution is 9.10. The third-order valence-electron chi connectivity index (χ3n) is 1.91. The van der Waals surface area contributed by atoms with Gasteiger partial charge in [0, 0.05) is 5.02 Å². The highest BCUT2D eigenvalue weighted by Crippen LogP contribution is 2.30. The van der Waals surface area contributed by atoms with Crippen molar-refractivity contribution in [3.63, 3.8) is 0 Å². The van der Waals surface area contributed by atoms with Crippen molar-refractivity contribution in [2.45, 2.75) is 11.2 Å². The zero-order valence-electron chi connectivity index (χ0n) is 8.18. The van der Waals surface area contributed by atoms with E-state index < -0.39 is 4.29 Å². The van der Waals surface area contributed by atoms with Crippen LogP contribution in [0.5, 0.6) is 5.75 Å². The van der Waals surface area contributed by atoms with Gasteiger partial charge in [-0.2, -0.15) is 0 Å². The minimum absolute atomic E-state index is 0.265. The summed E-state index contributed by atoms with van der Waals surface area (Å²) in [5.41, 5.74) is 1.19. The van der Waals surface area contributed by atoms with Crippen LogP contribution in [-0.2, 0) is 0 Å². The van der Waals surface area contributed by atoms with E-state index in [0.717, 1.165) is 5.56 Å². The number of carbonyl (C=O) groups excluding carboxylic acids is 1. The van der Waals surface area contributed by atoms with Crippen LogP contribution in [-0.4, -0.2) is 17.2 Å². The van der Waals surface area contributed by atoms with Gasteiger partial charge < -0.3 is 4.74 Å². The molecule has 82 valence electrons. The van der Waals surface area contributed by atoms with Gasteiger partial charge in [0.05, 0.1) is 12.7 Å². The molecule has 0 heterocycles. The normalized spacial score (nSPS) is 12.3. The van der Waals surface area contributed by atoms with E-state index in [-0.39, 0.29) is 5.78 Å². The molecule has 0 aromatic heterocycles. The fourth-order valence-corrected chi connectivity index (χ4v) is 1.94. The molecule has 1 unspecified atom stereocenters.